The number of para-hydroxylation sites is 3. The quantitative estimate of drug-likeness (QED) is 0.257. The van der Waals surface area contributed by atoms with Crippen molar-refractivity contribution < 1.29 is 8.83 Å². The number of benzene rings is 5. The SMILES string of the molecule is c1ccc2c(-c3ccc(-c4ccc5oc6ccccc6c5c4)cc3)c3oc4ccccc4c3nc2c1. The van der Waals surface area contributed by atoms with Crippen molar-refractivity contribution in [3.8, 4) is 22.3 Å². The summed E-state index contributed by atoms with van der Waals surface area (Å²) in [4.78, 5) is 4.96. The second-order valence-corrected chi connectivity index (χ2v) is 9.17. The minimum absolute atomic E-state index is 0.828. The van der Waals surface area contributed by atoms with Crippen LogP contribution in [0.15, 0.2) is 124 Å². The normalized spacial score (nSPS) is 11.9. The Morgan fingerprint density at radius 2 is 1.06 bits per heavy atom. The van der Waals surface area contributed by atoms with Gasteiger partial charge in [-0.15, -0.1) is 0 Å². The van der Waals surface area contributed by atoms with Crippen LogP contribution in [0.1, 0.15) is 0 Å². The number of pyridine rings is 1. The summed E-state index contributed by atoms with van der Waals surface area (Å²) in [6.07, 6.45) is 0. The van der Waals surface area contributed by atoms with Gasteiger partial charge < -0.3 is 8.83 Å². The molecule has 0 atom stereocenters. The van der Waals surface area contributed by atoms with Gasteiger partial charge in [0.25, 0.3) is 0 Å². The third-order valence-corrected chi connectivity index (χ3v) is 7.09. The van der Waals surface area contributed by atoms with Gasteiger partial charge in [-0.3, -0.25) is 0 Å². The van der Waals surface area contributed by atoms with Gasteiger partial charge in [0.2, 0.25) is 0 Å². The number of hydrogen-bond acceptors (Lipinski definition) is 3. The molecule has 0 radical (unpaired) electrons. The molecule has 36 heavy (non-hydrogen) atoms. The van der Waals surface area contributed by atoms with E-state index < -0.39 is 0 Å². The van der Waals surface area contributed by atoms with E-state index in [1.807, 2.05) is 36.4 Å². The van der Waals surface area contributed by atoms with E-state index >= 15 is 0 Å². The number of hydrogen-bond donors (Lipinski definition) is 0. The Bertz CT molecular complexity index is 2100. The summed E-state index contributed by atoms with van der Waals surface area (Å²) >= 11 is 0. The Labute approximate surface area is 206 Å². The zero-order valence-corrected chi connectivity index (χ0v) is 19.2. The molecule has 5 aromatic carbocycles. The fraction of sp³-hybridized carbons (Fsp3) is 0. The lowest BCUT2D eigenvalue weighted by Crippen LogP contribution is -1.87. The van der Waals surface area contributed by atoms with E-state index in [4.69, 9.17) is 13.8 Å². The molecule has 0 N–H and O–H groups in total. The van der Waals surface area contributed by atoms with Gasteiger partial charge in [-0.25, -0.2) is 4.98 Å². The van der Waals surface area contributed by atoms with Crippen LogP contribution in [0.25, 0.3) is 77.2 Å². The number of rotatable bonds is 2. The van der Waals surface area contributed by atoms with Crippen molar-refractivity contribution in [1.29, 1.82) is 0 Å². The highest BCUT2D eigenvalue weighted by Crippen LogP contribution is 2.40. The van der Waals surface area contributed by atoms with Crippen molar-refractivity contribution in [2.75, 3.05) is 0 Å². The van der Waals surface area contributed by atoms with Crippen LogP contribution in [0.3, 0.4) is 0 Å². The molecule has 3 aromatic heterocycles. The van der Waals surface area contributed by atoms with Crippen LogP contribution in [0.4, 0.5) is 0 Å². The number of furan rings is 2. The first-order chi connectivity index (χ1) is 17.8. The number of nitrogens with zero attached hydrogens (tertiary/aromatic N) is 1. The molecule has 0 aliphatic rings. The lowest BCUT2D eigenvalue weighted by Gasteiger charge is -2.09. The Balaban J connectivity index is 1.32. The van der Waals surface area contributed by atoms with Gasteiger partial charge >= 0.3 is 0 Å². The lowest BCUT2D eigenvalue weighted by atomic mass is 9.96. The van der Waals surface area contributed by atoms with Crippen LogP contribution >= 0.6 is 0 Å². The Kier molecular flexibility index (Phi) is 3.94. The first-order valence-electron chi connectivity index (χ1n) is 12.1. The van der Waals surface area contributed by atoms with Crippen LogP contribution in [0, 0.1) is 0 Å². The average molecular weight is 462 g/mol. The Hall–Kier alpha value is -4.89. The third-order valence-electron chi connectivity index (χ3n) is 7.09. The van der Waals surface area contributed by atoms with E-state index in [-0.39, 0.29) is 0 Å². The molecule has 0 amide bonds. The molecule has 168 valence electrons. The maximum absolute atomic E-state index is 6.37. The van der Waals surface area contributed by atoms with Gasteiger partial charge in [0.1, 0.15) is 22.3 Å². The monoisotopic (exact) mass is 461 g/mol. The van der Waals surface area contributed by atoms with Gasteiger partial charge in [0.15, 0.2) is 5.58 Å². The number of aromatic nitrogens is 1. The Morgan fingerprint density at radius 1 is 0.444 bits per heavy atom. The second kappa shape index (κ2) is 7.30. The molecular weight excluding hydrogens is 442 g/mol. The van der Waals surface area contributed by atoms with Gasteiger partial charge in [-0.1, -0.05) is 78.9 Å². The highest BCUT2D eigenvalue weighted by Gasteiger charge is 2.17. The molecule has 0 saturated heterocycles. The summed E-state index contributed by atoms with van der Waals surface area (Å²) in [6, 6.07) is 39.7. The van der Waals surface area contributed by atoms with Gasteiger partial charge in [-0.05, 0) is 53.1 Å². The van der Waals surface area contributed by atoms with Gasteiger partial charge in [0.05, 0.1) is 5.52 Å². The van der Waals surface area contributed by atoms with Crippen molar-refractivity contribution in [3.63, 3.8) is 0 Å². The molecule has 3 heterocycles. The maximum atomic E-state index is 6.37. The molecule has 3 heteroatoms. The summed E-state index contributed by atoms with van der Waals surface area (Å²) in [5.41, 5.74) is 9.88. The summed E-state index contributed by atoms with van der Waals surface area (Å²) in [6.45, 7) is 0. The molecule has 0 bridgehead atoms. The summed E-state index contributed by atoms with van der Waals surface area (Å²) < 4.78 is 12.4. The van der Waals surface area contributed by atoms with Crippen LogP contribution < -0.4 is 0 Å². The van der Waals surface area contributed by atoms with Crippen molar-refractivity contribution in [2.45, 2.75) is 0 Å². The molecule has 0 saturated carbocycles. The summed E-state index contributed by atoms with van der Waals surface area (Å²) in [5.74, 6) is 0. The minimum atomic E-state index is 0.828. The number of fused-ring (bicyclic) bond motifs is 7. The Morgan fingerprint density at radius 3 is 1.89 bits per heavy atom. The molecule has 3 nitrogen and oxygen atoms in total. The second-order valence-electron chi connectivity index (χ2n) is 9.17. The zero-order chi connectivity index (χ0) is 23.6. The predicted octanol–water partition coefficient (Wildman–Crippen LogP) is 9.37. The minimum Gasteiger partial charge on any atom is -0.456 e. The van der Waals surface area contributed by atoms with E-state index in [0.717, 1.165) is 77.2 Å². The fourth-order valence-electron chi connectivity index (χ4n) is 5.36. The maximum Gasteiger partial charge on any atom is 0.162 e. The van der Waals surface area contributed by atoms with Crippen molar-refractivity contribution in [3.05, 3.63) is 115 Å². The van der Waals surface area contributed by atoms with Crippen molar-refractivity contribution >= 4 is 54.9 Å². The van der Waals surface area contributed by atoms with E-state index in [1.165, 1.54) is 0 Å². The zero-order valence-electron chi connectivity index (χ0n) is 19.2. The van der Waals surface area contributed by atoms with Crippen LogP contribution in [-0.4, -0.2) is 4.98 Å². The third kappa shape index (κ3) is 2.77. The van der Waals surface area contributed by atoms with Crippen LogP contribution in [0.5, 0.6) is 0 Å². The molecule has 0 fully saturated rings. The fourth-order valence-corrected chi connectivity index (χ4v) is 5.36. The van der Waals surface area contributed by atoms with Crippen LogP contribution in [-0.2, 0) is 0 Å². The molecule has 0 spiro atoms. The summed E-state index contributed by atoms with van der Waals surface area (Å²) in [7, 11) is 0. The first kappa shape index (κ1) is 19.4. The van der Waals surface area contributed by atoms with E-state index in [1.54, 1.807) is 0 Å². The predicted molar refractivity (Wildman–Crippen MR) is 147 cm³/mol. The highest BCUT2D eigenvalue weighted by atomic mass is 16.3. The molecule has 0 unspecified atom stereocenters. The molecule has 8 rings (SSSR count). The lowest BCUT2D eigenvalue weighted by molar-refractivity contribution is 0.669. The van der Waals surface area contributed by atoms with Gasteiger partial charge in [-0.2, -0.15) is 0 Å². The first-order valence-corrected chi connectivity index (χ1v) is 12.1. The van der Waals surface area contributed by atoms with Gasteiger partial charge in [0, 0.05) is 27.1 Å². The van der Waals surface area contributed by atoms with Crippen molar-refractivity contribution in [2.24, 2.45) is 0 Å². The van der Waals surface area contributed by atoms with Crippen LogP contribution in [0.2, 0.25) is 0 Å². The molecule has 0 aliphatic carbocycles. The standard InChI is InChI=1S/C33H19NO2/c1-4-10-27-24(8-1)31(33-32(34-27)25-9-3-6-12-29(25)36-33)21-15-13-20(14-16-21)22-17-18-30-26(19-22)23-7-2-5-11-28(23)35-30/h1-19H. The topological polar surface area (TPSA) is 39.2 Å². The summed E-state index contributed by atoms with van der Waals surface area (Å²) in [5, 5.41) is 4.40. The van der Waals surface area contributed by atoms with E-state index in [9.17, 15) is 0 Å². The highest BCUT2D eigenvalue weighted by molar-refractivity contribution is 6.15. The van der Waals surface area contributed by atoms with Crippen molar-refractivity contribution in [1.82, 2.24) is 4.98 Å². The average Bonchev–Trinajstić information content (AvgIpc) is 3.49. The molecular formula is C33H19NO2. The van der Waals surface area contributed by atoms with E-state index in [0.29, 0.717) is 0 Å². The smallest absolute Gasteiger partial charge is 0.162 e. The van der Waals surface area contributed by atoms with E-state index in [2.05, 4.69) is 78.9 Å². The molecule has 8 aromatic rings. The molecule has 0 aliphatic heterocycles. The largest absolute Gasteiger partial charge is 0.456 e.